The van der Waals surface area contributed by atoms with Crippen LogP contribution in [0.15, 0.2) is 60.7 Å². The van der Waals surface area contributed by atoms with E-state index < -0.39 is 16.5 Å². The SMILES string of the molecule is C[Si](C)(c1ccccc1)N(C#CN(C1CCCCC1)[Si](C)(C)c1ccccc1)C1CCCCC1. The van der Waals surface area contributed by atoms with Crippen molar-refractivity contribution in [3.63, 3.8) is 0 Å². The summed E-state index contributed by atoms with van der Waals surface area (Å²) in [5, 5.41) is 3.00. The molecule has 0 heterocycles. The first-order valence-electron chi connectivity index (χ1n) is 13.6. The maximum absolute atomic E-state index is 3.91. The highest BCUT2D eigenvalue weighted by molar-refractivity contribution is 6.88. The van der Waals surface area contributed by atoms with E-state index in [1.165, 1.54) is 74.6 Å². The molecule has 2 fully saturated rings. The van der Waals surface area contributed by atoms with Crippen molar-refractivity contribution in [1.82, 2.24) is 9.13 Å². The first-order chi connectivity index (χ1) is 16.4. The van der Waals surface area contributed by atoms with Crippen LogP contribution in [0.4, 0.5) is 0 Å². The van der Waals surface area contributed by atoms with Crippen molar-refractivity contribution in [3.05, 3.63) is 60.7 Å². The van der Waals surface area contributed by atoms with Crippen LogP contribution in [0, 0.1) is 12.1 Å². The topological polar surface area (TPSA) is 6.48 Å². The Morgan fingerprint density at radius 1 is 0.529 bits per heavy atom. The minimum absolute atomic E-state index is 0.595. The van der Waals surface area contributed by atoms with E-state index in [0.29, 0.717) is 12.1 Å². The van der Waals surface area contributed by atoms with Crippen LogP contribution in [-0.4, -0.2) is 37.7 Å². The van der Waals surface area contributed by atoms with E-state index in [2.05, 4.69) is 108 Å². The van der Waals surface area contributed by atoms with Crippen molar-refractivity contribution < 1.29 is 0 Å². The summed E-state index contributed by atoms with van der Waals surface area (Å²) in [6.07, 6.45) is 13.3. The Kier molecular flexibility index (Phi) is 8.27. The average Bonchev–Trinajstić information content (AvgIpc) is 2.88. The van der Waals surface area contributed by atoms with E-state index in [-0.39, 0.29) is 0 Å². The van der Waals surface area contributed by atoms with E-state index >= 15 is 0 Å². The quantitative estimate of drug-likeness (QED) is 0.264. The minimum atomic E-state index is -1.90. The van der Waals surface area contributed by atoms with Crippen LogP contribution < -0.4 is 10.4 Å². The molecule has 2 aliphatic rings. The highest BCUT2D eigenvalue weighted by atomic mass is 28.3. The second kappa shape index (κ2) is 11.2. The van der Waals surface area contributed by atoms with Gasteiger partial charge in [0.2, 0.25) is 0 Å². The summed E-state index contributed by atoms with van der Waals surface area (Å²) in [6.45, 7) is 10.0. The number of hydrogen-bond donors (Lipinski definition) is 0. The molecular weight excluding hydrogens is 445 g/mol. The van der Waals surface area contributed by atoms with Gasteiger partial charge in [0.05, 0.1) is 0 Å². The molecule has 2 aromatic rings. The Bertz CT molecular complexity index is 872. The van der Waals surface area contributed by atoms with Gasteiger partial charge in [-0.2, -0.15) is 0 Å². The molecule has 4 rings (SSSR count). The zero-order valence-corrected chi connectivity index (χ0v) is 23.9. The molecule has 0 spiro atoms. The third kappa shape index (κ3) is 5.63. The Hall–Kier alpha value is -1.97. The third-order valence-electron chi connectivity index (χ3n) is 8.34. The molecule has 0 N–H and O–H groups in total. The van der Waals surface area contributed by atoms with Crippen LogP contribution in [0.2, 0.25) is 26.2 Å². The van der Waals surface area contributed by atoms with Crippen LogP contribution in [0.5, 0.6) is 0 Å². The summed E-state index contributed by atoms with van der Waals surface area (Å²) < 4.78 is 5.37. The fraction of sp³-hybridized carbons (Fsp3) is 0.533. The standard InChI is InChI=1S/C30H44N2Si2/c1-33(2,29-21-13-7-14-22-29)31(27-17-9-5-10-18-27)25-26-32(28-19-11-6-12-20-28)34(3,4)30-23-15-8-16-24-30/h7-8,13-16,21-24,27-28H,5-6,9-12,17-20H2,1-4H3. The molecule has 4 heteroatoms. The predicted octanol–water partition coefficient (Wildman–Crippen LogP) is 6.40. The molecule has 2 saturated carbocycles. The van der Waals surface area contributed by atoms with Gasteiger partial charge in [0.1, 0.15) is 0 Å². The number of rotatable bonds is 6. The first-order valence-corrected chi connectivity index (χ1v) is 19.5. The Balaban J connectivity index is 1.73. The molecule has 0 aromatic heterocycles. The van der Waals surface area contributed by atoms with E-state index in [0.717, 1.165) is 0 Å². The lowest BCUT2D eigenvalue weighted by molar-refractivity contribution is 0.303. The van der Waals surface area contributed by atoms with Crippen molar-refractivity contribution in [3.8, 4) is 12.1 Å². The summed E-state index contributed by atoms with van der Waals surface area (Å²) in [4.78, 5) is 0. The van der Waals surface area contributed by atoms with Crippen LogP contribution in [0.3, 0.4) is 0 Å². The Morgan fingerprint density at radius 3 is 1.18 bits per heavy atom. The van der Waals surface area contributed by atoms with Gasteiger partial charge >= 0.3 is 0 Å². The Morgan fingerprint density at radius 2 is 0.853 bits per heavy atom. The second-order valence-corrected chi connectivity index (χ2v) is 19.8. The van der Waals surface area contributed by atoms with Crippen LogP contribution in [0.1, 0.15) is 64.2 Å². The highest BCUT2D eigenvalue weighted by Crippen LogP contribution is 2.28. The molecule has 0 atom stereocenters. The molecule has 0 aliphatic heterocycles. The molecular formula is C30H44N2Si2. The number of nitrogens with zero attached hydrogens (tertiary/aromatic N) is 2. The molecule has 2 aromatic carbocycles. The van der Waals surface area contributed by atoms with Crippen molar-refractivity contribution in [2.75, 3.05) is 0 Å². The molecule has 182 valence electrons. The lowest BCUT2D eigenvalue weighted by Gasteiger charge is -2.44. The van der Waals surface area contributed by atoms with Crippen molar-refractivity contribution in [1.29, 1.82) is 0 Å². The summed E-state index contributed by atoms with van der Waals surface area (Å²) in [5.41, 5.74) is 0. The zero-order valence-electron chi connectivity index (χ0n) is 21.9. The monoisotopic (exact) mass is 488 g/mol. The molecule has 2 nitrogen and oxygen atoms in total. The molecule has 34 heavy (non-hydrogen) atoms. The van der Waals surface area contributed by atoms with Crippen LogP contribution >= 0.6 is 0 Å². The lowest BCUT2D eigenvalue weighted by Crippen LogP contribution is -2.61. The van der Waals surface area contributed by atoms with E-state index in [4.69, 9.17) is 0 Å². The number of hydrogen-bond acceptors (Lipinski definition) is 2. The van der Waals surface area contributed by atoms with Crippen molar-refractivity contribution >= 4 is 26.8 Å². The molecule has 0 unspecified atom stereocenters. The van der Waals surface area contributed by atoms with Gasteiger partial charge in [-0.1, -0.05) is 99.2 Å². The Labute approximate surface area is 210 Å². The first kappa shape index (κ1) is 25.1. The smallest absolute Gasteiger partial charge is 0.191 e. The van der Waals surface area contributed by atoms with Crippen molar-refractivity contribution in [2.45, 2.75) is 102 Å². The fourth-order valence-corrected chi connectivity index (χ4v) is 11.7. The van der Waals surface area contributed by atoms with Crippen LogP contribution in [-0.2, 0) is 0 Å². The largest absolute Gasteiger partial charge is 0.350 e. The van der Waals surface area contributed by atoms with E-state index in [9.17, 15) is 0 Å². The molecule has 0 saturated heterocycles. The van der Waals surface area contributed by atoms with Gasteiger partial charge in [-0.25, -0.2) is 0 Å². The van der Waals surface area contributed by atoms with Gasteiger partial charge in [0.15, 0.2) is 16.5 Å². The van der Waals surface area contributed by atoms with Gasteiger partial charge in [-0.15, -0.1) is 0 Å². The van der Waals surface area contributed by atoms with Crippen molar-refractivity contribution in [2.24, 2.45) is 0 Å². The second-order valence-electron chi connectivity index (χ2n) is 11.4. The molecule has 0 bridgehead atoms. The third-order valence-corrected chi connectivity index (χ3v) is 15.2. The van der Waals surface area contributed by atoms with Gasteiger partial charge in [-0.05, 0) is 62.2 Å². The summed E-state index contributed by atoms with van der Waals surface area (Å²) >= 11 is 0. The highest BCUT2D eigenvalue weighted by Gasteiger charge is 2.38. The molecule has 0 radical (unpaired) electrons. The summed E-state index contributed by atoms with van der Waals surface area (Å²) in [5.74, 6) is 0. The maximum Gasteiger partial charge on any atom is 0.191 e. The van der Waals surface area contributed by atoms with Gasteiger partial charge in [-0.3, -0.25) is 0 Å². The van der Waals surface area contributed by atoms with E-state index in [1.54, 1.807) is 0 Å². The van der Waals surface area contributed by atoms with Crippen LogP contribution in [0.25, 0.3) is 0 Å². The summed E-state index contributed by atoms with van der Waals surface area (Å²) in [7, 11) is -3.80. The minimum Gasteiger partial charge on any atom is -0.350 e. The summed E-state index contributed by atoms with van der Waals surface area (Å²) in [6, 6.07) is 31.5. The fourth-order valence-electron chi connectivity index (χ4n) is 6.13. The molecule has 0 amide bonds. The maximum atomic E-state index is 3.91. The average molecular weight is 489 g/mol. The van der Waals surface area contributed by atoms with Gasteiger partial charge < -0.3 is 9.13 Å². The number of benzene rings is 2. The zero-order chi connectivity index (χ0) is 24.0. The normalized spacial score (nSPS) is 18.1. The van der Waals surface area contributed by atoms with Gasteiger partial charge in [0, 0.05) is 24.2 Å². The predicted molar refractivity (Wildman–Crippen MR) is 152 cm³/mol. The lowest BCUT2D eigenvalue weighted by atomic mass is 9.95. The molecule has 2 aliphatic carbocycles. The van der Waals surface area contributed by atoms with E-state index in [1.807, 2.05) is 0 Å². The van der Waals surface area contributed by atoms with Gasteiger partial charge in [0.25, 0.3) is 0 Å².